The first-order valence-corrected chi connectivity index (χ1v) is 22.4. The molecule has 0 bridgehead atoms. The number of hydrogen-bond donors (Lipinski definition) is 2. The lowest BCUT2D eigenvalue weighted by Gasteiger charge is -2.69. The summed E-state index contributed by atoms with van der Waals surface area (Å²) in [6.07, 6.45) is 12.4. The second-order valence-corrected chi connectivity index (χ2v) is 18.8. The lowest BCUT2D eigenvalue weighted by atomic mass is 9.51. The van der Waals surface area contributed by atoms with E-state index >= 15 is 0 Å². The number of ether oxygens (including phenoxy) is 1. The fourth-order valence-electron chi connectivity index (χ4n) is 11.0. The molecule has 1 fully saturated rings. The topological polar surface area (TPSA) is 52.9 Å². The Balaban J connectivity index is 1.30. The van der Waals surface area contributed by atoms with Crippen molar-refractivity contribution in [3.63, 3.8) is 0 Å². The van der Waals surface area contributed by atoms with Crippen LogP contribution in [-0.4, -0.2) is 40.3 Å². The molecule has 62 heavy (non-hydrogen) atoms. The minimum Gasteiger partial charge on any atom is -0.507 e. The van der Waals surface area contributed by atoms with Crippen molar-refractivity contribution in [3.8, 4) is 61.8 Å². The molecule has 1 saturated heterocycles. The Bertz CT molecular complexity index is 2760. The van der Waals surface area contributed by atoms with Gasteiger partial charge in [-0.2, -0.15) is 0 Å². The average molecular weight is 818 g/mol. The Labute approximate surface area is 367 Å². The highest BCUT2D eigenvalue weighted by atomic mass is 16.5. The van der Waals surface area contributed by atoms with E-state index in [-0.39, 0.29) is 33.9 Å². The van der Waals surface area contributed by atoms with Crippen LogP contribution in [0.15, 0.2) is 146 Å². The normalized spacial score (nSPS) is 19.8. The molecule has 4 nitrogen and oxygen atoms in total. The van der Waals surface area contributed by atoms with Crippen LogP contribution in [-0.2, 0) is 5.41 Å². The van der Waals surface area contributed by atoms with Crippen LogP contribution in [0.2, 0.25) is 0 Å². The Morgan fingerprint density at radius 1 is 0.597 bits per heavy atom. The fourth-order valence-corrected chi connectivity index (χ4v) is 11.0. The van der Waals surface area contributed by atoms with Gasteiger partial charge in [-0.3, -0.25) is 4.90 Å². The van der Waals surface area contributed by atoms with E-state index in [9.17, 15) is 10.2 Å². The van der Waals surface area contributed by atoms with E-state index < -0.39 is 0 Å². The third-order valence-electron chi connectivity index (χ3n) is 14.2. The average Bonchev–Trinajstić information content (AvgIpc) is 3.27. The van der Waals surface area contributed by atoms with Crippen molar-refractivity contribution in [2.75, 3.05) is 13.7 Å². The van der Waals surface area contributed by atoms with Crippen LogP contribution in [0.4, 0.5) is 0 Å². The van der Waals surface area contributed by atoms with Crippen LogP contribution in [0.1, 0.15) is 70.6 Å². The first kappa shape index (κ1) is 41.3. The second kappa shape index (κ2) is 15.7. The number of fused-ring (bicyclic) bond motifs is 3. The van der Waals surface area contributed by atoms with Crippen molar-refractivity contribution in [1.29, 1.82) is 0 Å². The van der Waals surface area contributed by atoms with Gasteiger partial charge < -0.3 is 14.9 Å². The SMILES string of the molecule is CCCC12C=CC=CC1(CC)[C@H](COc1c(-c3cc(C)cc(-c4cccc5ccccc45)c3O)cc(C(C)(C)C)cc1-c1cc(C)cc(-c3cccc4ccccc34)c1O)N2C. The van der Waals surface area contributed by atoms with Gasteiger partial charge in [-0.1, -0.05) is 150 Å². The highest BCUT2D eigenvalue weighted by Gasteiger charge is 2.65. The molecule has 0 aromatic heterocycles. The van der Waals surface area contributed by atoms with Crippen LogP contribution in [0, 0.1) is 19.3 Å². The summed E-state index contributed by atoms with van der Waals surface area (Å²) in [5.74, 6) is 1.05. The molecule has 3 atom stereocenters. The van der Waals surface area contributed by atoms with Crippen molar-refractivity contribution in [2.45, 2.75) is 84.7 Å². The molecule has 1 aliphatic heterocycles. The number of likely N-dealkylation sites (tertiary alicyclic amines) is 1. The smallest absolute Gasteiger partial charge is 0.135 e. The molecule has 0 radical (unpaired) electrons. The Morgan fingerprint density at radius 3 is 1.55 bits per heavy atom. The molecular weight excluding hydrogens is 759 g/mol. The van der Waals surface area contributed by atoms with E-state index in [0.29, 0.717) is 23.5 Å². The predicted molar refractivity (Wildman–Crippen MR) is 260 cm³/mol. The summed E-state index contributed by atoms with van der Waals surface area (Å²) in [7, 11) is 2.25. The molecule has 0 amide bonds. The molecule has 1 aliphatic carbocycles. The summed E-state index contributed by atoms with van der Waals surface area (Å²) >= 11 is 0. The van der Waals surface area contributed by atoms with Crippen LogP contribution in [0.3, 0.4) is 0 Å². The van der Waals surface area contributed by atoms with Gasteiger partial charge in [0.15, 0.2) is 0 Å². The summed E-state index contributed by atoms with van der Waals surface area (Å²) in [5.41, 5.74) is 9.16. The van der Waals surface area contributed by atoms with Crippen molar-refractivity contribution in [2.24, 2.45) is 5.41 Å². The quantitative estimate of drug-likeness (QED) is 0.144. The molecule has 2 aliphatic rings. The van der Waals surface area contributed by atoms with E-state index in [1.54, 1.807) is 0 Å². The molecule has 1 heterocycles. The minimum absolute atomic E-state index is 0.0780. The maximum Gasteiger partial charge on any atom is 0.135 e. The highest BCUT2D eigenvalue weighted by molar-refractivity contribution is 6.02. The summed E-state index contributed by atoms with van der Waals surface area (Å²) < 4.78 is 7.42. The van der Waals surface area contributed by atoms with Gasteiger partial charge in [-0.05, 0) is 125 Å². The van der Waals surface area contributed by atoms with Gasteiger partial charge in [0, 0.05) is 38.8 Å². The van der Waals surface area contributed by atoms with E-state index in [1.165, 1.54) is 0 Å². The zero-order valence-electron chi connectivity index (χ0n) is 37.5. The number of aromatic hydroxyl groups is 2. The first-order chi connectivity index (χ1) is 29.8. The van der Waals surface area contributed by atoms with Gasteiger partial charge in [0.2, 0.25) is 0 Å². The molecule has 0 saturated carbocycles. The monoisotopic (exact) mass is 817 g/mol. The molecular formula is C58H59NO3. The van der Waals surface area contributed by atoms with Gasteiger partial charge >= 0.3 is 0 Å². The van der Waals surface area contributed by atoms with Crippen LogP contribution in [0.5, 0.6) is 17.2 Å². The molecule has 314 valence electrons. The van der Waals surface area contributed by atoms with Crippen molar-refractivity contribution in [3.05, 3.63) is 162 Å². The molecule has 2 unspecified atom stereocenters. The number of phenolic OH excluding ortho intramolecular Hbond substituents is 2. The minimum atomic E-state index is -0.280. The number of aryl methyl sites for hydroxylation is 2. The lowest BCUT2D eigenvalue weighted by molar-refractivity contribution is -0.163. The summed E-state index contributed by atoms with van der Waals surface area (Å²) in [5, 5.41) is 29.8. The third kappa shape index (κ3) is 6.54. The fraction of sp³-hybridized carbons (Fsp3) is 0.276. The lowest BCUT2D eigenvalue weighted by Crippen LogP contribution is -2.78. The Morgan fingerprint density at radius 2 is 1.06 bits per heavy atom. The maximum atomic E-state index is 12.7. The van der Waals surface area contributed by atoms with Gasteiger partial charge in [-0.25, -0.2) is 0 Å². The van der Waals surface area contributed by atoms with E-state index in [2.05, 4.69) is 206 Å². The highest BCUT2D eigenvalue weighted by Crippen LogP contribution is 2.60. The number of rotatable bonds is 10. The Hall–Kier alpha value is -6.10. The van der Waals surface area contributed by atoms with E-state index in [0.717, 1.165) is 90.9 Å². The van der Waals surface area contributed by atoms with E-state index in [4.69, 9.17) is 4.74 Å². The van der Waals surface area contributed by atoms with Crippen LogP contribution < -0.4 is 4.74 Å². The molecule has 0 spiro atoms. The number of nitrogens with zero attached hydrogens (tertiary/aromatic N) is 1. The van der Waals surface area contributed by atoms with Gasteiger partial charge in [-0.15, -0.1) is 0 Å². The van der Waals surface area contributed by atoms with Gasteiger partial charge in [0.1, 0.15) is 23.9 Å². The number of benzene rings is 7. The summed E-state index contributed by atoms with van der Waals surface area (Å²) in [6, 6.07) is 42.1. The third-order valence-corrected chi connectivity index (χ3v) is 14.2. The largest absolute Gasteiger partial charge is 0.507 e. The number of phenols is 2. The standard InChI is InChI=1S/C58H59NO3/c1-9-27-58-29-16-15-28-57(58,10-2)52(59(58)8)36-62-55-50(48-32-37(3)30-46(53(48)60)44-25-17-21-39-19-11-13-23-42(39)44)34-41(56(5,6)7)35-51(55)49-33-38(4)31-47(54(49)61)45-26-18-22-40-20-12-14-24-43(40)45/h11-26,28-35,52,60-61H,9-10,27,36H2,1-8H3/t52-,57?,58?/m0/s1. The zero-order chi connectivity index (χ0) is 43.6. The van der Waals surface area contributed by atoms with Crippen LogP contribution >= 0.6 is 0 Å². The molecule has 9 rings (SSSR count). The summed E-state index contributed by atoms with van der Waals surface area (Å²) in [4.78, 5) is 2.52. The van der Waals surface area contributed by atoms with Crippen molar-refractivity contribution < 1.29 is 14.9 Å². The van der Waals surface area contributed by atoms with E-state index in [1.807, 2.05) is 0 Å². The molecule has 7 aromatic rings. The number of likely N-dealkylation sites (N-methyl/N-ethyl adjacent to an activating group) is 1. The summed E-state index contributed by atoms with van der Waals surface area (Å²) in [6.45, 7) is 15.9. The van der Waals surface area contributed by atoms with Gasteiger partial charge in [0.05, 0.1) is 11.6 Å². The van der Waals surface area contributed by atoms with Crippen molar-refractivity contribution >= 4 is 21.5 Å². The second-order valence-electron chi connectivity index (χ2n) is 18.8. The van der Waals surface area contributed by atoms with Gasteiger partial charge in [0.25, 0.3) is 0 Å². The molecule has 2 N–H and O–H groups in total. The number of allylic oxidation sites excluding steroid dienone is 2. The number of hydrogen-bond acceptors (Lipinski definition) is 4. The van der Waals surface area contributed by atoms with Crippen LogP contribution in [0.25, 0.3) is 66.1 Å². The zero-order valence-corrected chi connectivity index (χ0v) is 37.5. The molecule has 7 aromatic carbocycles. The predicted octanol–water partition coefficient (Wildman–Crippen LogP) is 14.7. The Kier molecular flexibility index (Phi) is 10.4. The van der Waals surface area contributed by atoms with Crippen molar-refractivity contribution in [1.82, 2.24) is 4.90 Å². The maximum absolute atomic E-state index is 12.7. The first-order valence-electron chi connectivity index (χ1n) is 22.4. The molecule has 4 heteroatoms.